The van der Waals surface area contributed by atoms with Gasteiger partial charge in [-0.25, -0.2) is 0 Å². The molecule has 0 aliphatic carbocycles. The summed E-state index contributed by atoms with van der Waals surface area (Å²) in [5.41, 5.74) is 3.56. The summed E-state index contributed by atoms with van der Waals surface area (Å²) in [6.45, 7) is 3.55. The normalized spacial score (nSPS) is 17.8. The number of nitrogens with one attached hydrogen (secondary N) is 2. The fourth-order valence-electron chi connectivity index (χ4n) is 2.12. The van der Waals surface area contributed by atoms with Gasteiger partial charge in [-0.3, -0.25) is 5.10 Å². The highest BCUT2D eigenvalue weighted by atomic mass is 16.5. The molecule has 88 valence electrons. The topological polar surface area (TPSA) is 49.9 Å². The van der Waals surface area contributed by atoms with Crippen molar-refractivity contribution in [3.63, 3.8) is 0 Å². The number of aromatic nitrogens is 2. The second kappa shape index (κ2) is 4.22. The van der Waals surface area contributed by atoms with Gasteiger partial charge in [0.1, 0.15) is 12.4 Å². The Labute approximate surface area is 100 Å². The van der Waals surface area contributed by atoms with Gasteiger partial charge in [0.2, 0.25) is 0 Å². The molecule has 1 aliphatic rings. The summed E-state index contributed by atoms with van der Waals surface area (Å²) in [4.78, 5) is 0. The van der Waals surface area contributed by atoms with E-state index in [1.807, 2.05) is 31.3 Å². The van der Waals surface area contributed by atoms with Crippen molar-refractivity contribution in [2.75, 3.05) is 6.61 Å². The quantitative estimate of drug-likeness (QED) is 0.845. The average molecular weight is 229 g/mol. The van der Waals surface area contributed by atoms with Crippen molar-refractivity contribution in [1.29, 1.82) is 0 Å². The Morgan fingerprint density at radius 1 is 1.47 bits per heavy atom. The third kappa shape index (κ3) is 1.91. The zero-order chi connectivity index (χ0) is 11.7. The van der Waals surface area contributed by atoms with Crippen molar-refractivity contribution in [2.45, 2.75) is 19.5 Å². The lowest BCUT2D eigenvalue weighted by Crippen LogP contribution is -2.22. The molecule has 0 radical (unpaired) electrons. The van der Waals surface area contributed by atoms with Gasteiger partial charge in [0.15, 0.2) is 0 Å². The van der Waals surface area contributed by atoms with Crippen molar-refractivity contribution in [1.82, 2.24) is 15.5 Å². The molecule has 0 unspecified atom stereocenters. The molecule has 17 heavy (non-hydrogen) atoms. The van der Waals surface area contributed by atoms with Crippen molar-refractivity contribution in [2.24, 2.45) is 0 Å². The first-order valence-corrected chi connectivity index (χ1v) is 5.78. The highest BCUT2D eigenvalue weighted by Gasteiger charge is 2.22. The van der Waals surface area contributed by atoms with Crippen LogP contribution in [0, 0.1) is 6.92 Å². The second-order valence-electron chi connectivity index (χ2n) is 4.30. The van der Waals surface area contributed by atoms with E-state index in [0.717, 1.165) is 18.0 Å². The standard InChI is InChI=1S/C13H15N3O/c1-9-10(7-15-16-9)6-14-12-8-17-13-5-3-2-4-11(12)13/h2-5,7,12,14H,6,8H2,1H3,(H,15,16)/t12-/m1/s1. The van der Waals surface area contributed by atoms with Gasteiger partial charge < -0.3 is 10.1 Å². The predicted molar refractivity (Wildman–Crippen MR) is 64.8 cm³/mol. The molecular weight excluding hydrogens is 214 g/mol. The molecule has 3 rings (SSSR count). The largest absolute Gasteiger partial charge is 0.491 e. The Hall–Kier alpha value is -1.81. The first-order valence-electron chi connectivity index (χ1n) is 5.78. The minimum absolute atomic E-state index is 0.278. The molecule has 1 aromatic carbocycles. The number of nitrogens with zero attached hydrogens (tertiary/aromatic N) is 1. The molecule has 0 bridgehead atoms. The van der Waals surface area contributed by atoms with Crippen LogP contribution in [0.15, 0.2) is 30.5 Å². The van der Waals surface area contributed by atoms with E-state index in [9.17, 15) is 0 Å². The van der Waals surface area contributed by atoms with Gasteiger partial charge in [0.25, 0.3) is 0 Å². The average Bonchev–Trinajstić information content (AvgIpc) is 2.93. The molecule has 2 heterocycles. The molecule has 0 fully saturated rings. The fourth-order valence-corrected chi connectivity index (χ4v) is 2.12. The van der Waals surface area contributed by atoms with E-state index in [-0.39, 0.29) is 6.04 Å². The molecule has 4 nitrogen and oxygen atoms in total. The molecule has 1 aliphatic heterocycles. The predicted octanol–water partition coefficient (Wildman–Crippen LogP) is 1.94. The van der Waals surface area contributed by atoms with Crippen LogP contribution in [0.1, 0.15) is 22.9 Å². The van der Waals surface area contributed by atoms with Gasteiger partial charge in [0, 0.05) is 23.4 Å². The fraction of sp³-hybridized carbons (Fsp3) is 0.308. The van der Waals surface area contributed by atoms with Gasteiger partial charge in [-0.1, -0.05) is 18.2 Å². The third-order valence-electron chi connectivity index (χ3n) is 3.17. The van der Waals surface area contributed by atoms with E-state index in [4.69, 9.17) is 4.74 Å². The van der Waals surface area contributed by atoms with E-state index < -0.39 is 0 Å². The van der Waals surface area contributed by atoms with Gasteiger partial charge in [-0.15, -0.1) is 0 Å². The van der Waals surface area contributed by atoms with Crippen LogP contribution in [0.25, 0.3) is 0 Å². The SMILES string of the molecule is Cc1[nH]ncc1CN[C@@H]1COc2ccccc21. The summed E-state index contributed by atoms with van der Waals surface area (Å²) in [7, 11) is 0. The number of ether oxygens (including phenoxy) is 1. The summed E-state index contributed by atoms with van der Waals surface area (Å²) >= 11 is 0. The van der Waals surface area contributed by atoms with Crippen LogP contribution < -0.4 is 10.1 Å². The lowest BCUT2D eigenvalue weighted by atomic mass is 10.1. The molecule has 0 saturated carbocycles. The summed E-state index contributed by atoms with van der Waals surface area (Å²) in [6.07, 6.45) is 1.87. The van der Waals surface area contributed by atoms with Crippen LogP contribution in [0.5, 0.6) is 5.75 Å². The number of para-hydroxylation sites is 1. The highest BCUT2D eigenvalue weighted by Crippen LogP contribution is 2.31. The Kier molecular flexibility index (Phi) is 2.57. The van der Waals surface area contributed by atoms with Crippen molar-refractivity contribution < 1.29 is 4.74 Å². The number of fused-ring (bicyclic) bond motifs is 1. The zero-order valence-corrected chi connectivity index (χ0v) is 9.73. The maximum Gasteiger partial charge on any atom is 0.124 e. The van der Waals surface area contributed by atoms with Gasteiger partial charge in [0.05, 0.1) is 12.2 Å². The number of rotatable bonds is 3. The molecular formula is C13H15N3O. The van der Waals surface area contributed by atoms with Crippen LogP contribution in [-0.2, 0) is 6.54 Å². The molecule has 0 saturated heterocycles. The van der Waals surface area contributed by atoms with Crippen molar-refractivity contribution in [3.8, 4) is 5.75 Å². The van der Waals surface area contributed by atoms with Crippen LogP contribution >= 0.6 is 0 Å². The van der Waals surface area contributed by atoms with Crippen LogP contribution in [0.4, 0.5) is 0 Å². The Balaban J connectivity index is 1.70. The molecule has 2 N–H and O–H groups in total. The molecule has 2 aromatic rings. The van der Waals surface area contributed by atoms with E-state index in [2.05, 4.69) is 21.6 Å². The lowest BCUT2D eigenvalue weighted by molar-refractivity contribution is 0.310. The summed E-state index contributed by atoms with van der Waals surface area (Å²) in [5, 5.41) is 10.5. The maximum absolute atomic E-state index is 5.63. The molecule has 0 amide bonds. The smallest absolute Gasteiger partial charge is 0.124 e. The summed E-state index contributed by atoms with van der Waals surface area (Å²) < 4.78 is 5.63. The van der Waals surface area contributed by atoms with E-state index in [0.29, 0.717) is 6.61 Å². The number of benzene rings is 1. The number of aryl methyl sites for hydroxylation is 1. The zero-order valence-electron chi connectivity index (χ0n) is 9.73. The van der Waals surface area contributed by atoms with Gasteiger partial charge >= 0.3 is 0 Å². The number of H-pyrrole nitrogens is 1. The molecule has 4 heteroatoms. The Morgan fingerprint density at radius 2 is 2.35 bits per heavy atom. The lowest BCUT2D eigenvalue weighted by Gasteiger charge is -2.10. The van der Waals surface area contributed by atoms with Crippen LogP contribution in [-0.4, -0.2) is 16.8 Å². The van der Waals surface area contributed by atoms with Crippen molar-refractivity contribution >= 4 is 0 Å². The monoisotopic (exact) mass is 229 g/mol. The number of hydrogen-bond acceptors (Lipinski definition) is 3. The number of aromatic amines is 1. The van der Waals surface area contributed by atoms with E-state index in [1.165, 1.54) is 11.1 Å². The second-order valence-corrected chi connectivity index (χ2v) is 4.30. The minimum Gasteiger partial charge on any atom is -0.491 e. The van der Waals surface area contributed by atoms with Gasteiger partial charge in [-0.2, -0.15) is 5.10 Å². The maximum atomic E-state index is 5.63. The summed E-state index contributed by atoms with van der Waals surface area (Å²) in [6, 6.07) is 8.45. The van der Waals surface area contributed by atoms with Crippen LogP contribution in [0.3, 0.4) is 0 Å². The minimum atomic E-state index is 0.278. The van der Waals surface area contributed by atoms with Gasteiger partial charge in [-0.05, 0) is 13.0 Å². The number of hydrogen-bond donors (Lipinski definition) is 2. The first-order chi connectivity index (χ1) is 8.34. The Bertz CT molecular complexity index is 521. The molecule has 1 atom stereocenters. The Morgan fingerprint density at radius 3 is 3.18 bits per heavy atom. The highest BCUT2D eigenvalue weighted by molar-refractivity contribution is 5.39. The third-order valence-corrected chi connectivity index (χ3v) is 3.17. The summed E-state index contributed by atoms with van der Waals surface area (Å²) in [5.74, 6) is 0.994. The molecule has 0 spiro atoms. The van der Waals surface area contributed by atoms with Crippen LogP contribution in [0.2, 0.25) is 0 Å². The van der Waals surface area contributed by atoms with Crippen molar-refractivity contribution in [3.05, 3.63) is 47.3 Å². The van der Waals surface area contributed by atoms with E-state index in [1.54, 1.807) is 0 Å². The molecule has 1 aromatic heterocycles. The first kappa shape index (κ1) is 10.4. The van der Waals surface area contributed by atoms with E-state index >= 15 is 0 Å².